The summed E-state index contributed by atoms with van der Waals surface area (Å²) in [5.74, 6) is 0.177. The van der Waals surface area contributed by atoms with Crippen LogP contribution in [-0.2, 0) is 0 Å². The molecule has 1 aromatic carbocycles. The number of hydrogen-bond donors (Lipinski definition) is 2. The minimum atomic E-state index is -0.261. The molecule has 1 amide bonds. The molecule has 2 aromatic heterocycles. The van der Waals surface area contributed by atoms with Crippen LogP contribution in [0.25, 0.3) is 16.9 Å². The number of benzene rings is 1. The fraction of sp³-hybridized carbons (Fsp3) is 0.111. The van der Waals surface area contributed by atoms with Crippen LogP contribution in [0.3, 0.4) is 0 Å². The second kappa shape index (κ2) is 6.84. The average Bonchev–Trinajstić information content (AvgIpc) is 3.03. The van der Waals surface area contributed by atoms with Crippen molar-refractivity contribution in [3.05, 3.63) is 70.3 Å². The zero-order chi connectivity index (χ0) is 17.8. The van der Waals surface area contributed by atoms with Crippen LogP contribution in [0.5, 0.6) is 0 Å². The Hall–Kier alpha value is -3.66. The van der Waals surface area contributed by atoms with Crippen molar-refractivity contribution in [1.82, 2.24) is 20.1 Å². The molecule has 3 aromatic rings. The van der Waals surface area contributed by atoms with E-state index in [4.69, 9.17) is 5.26 Å². The van der Waals surface area contributed by atoms with Crippen LogP contribution in [0, 0.1) is 11.3 Å². The Kier molecular flexibility index (Phi) is 4.44. The summed E-state index contributed by atoms with van der Waals surface area (Å²) in [6, 6.07) is 12.0. The van der Waals surface area contributed by atoms with Crippen molar-refractivity contribution in [2.45, 2.75) is 6.92 Å². The lowest BCUT2D eigenvalue weighted by Gasteiger charge is -2.03. The van der Waals surface area contributed by atoms with E-state index < -0.39 is 0 Å². The van der Waals surface area contributed by atoms with Crippen molar-refractivity contribution in [1.29, 1.82) is 5.26 Å². The Labute approximate surface area is 143 Å². The number of carbonyl (C=O) groups is 1. The molecule has 0 unspecified atom stereocenters. The lowest BCUT2D eigenvalue weighted by molar-refractivity contribution is 0.0955. The first-order chi connectivity index (χ1) is 12.1. The summed E-state index contributed by atoms with van der Waals surface area (Å²) < 4.78 is 1.30. The second-order valence-electron chi connectivity index (χ2n) is 5.28. The molecule has 0 spiro atoms. The second-order valence-corrected chi connectivity index (χ2v) is 5.28. The topological polar surface area (TPSA) is 104 Å². The van der Waals surface area contributed by atoms with Gasteiger partial charge in [0.15, 0.2) is 5.82 Å². The summed E-state index contributed by atoms with van der Waals surface area (Å²) in [5, 5.41) is 14.4. The van der Waals surface area contributed by atoms with E-state index in [-0.39, 0.29) is 11.5 Å². The van der Waals surface area contributed by atoms with Gasteiger partial charge >= 0.3 is 0 Å². The number of carbonyl (C=O) groups excluding carboxylic acids is 1. The van der Waals surface area contributed by atoms with Gasteiger partial charge in [-0.2, -0.15) is 5.26 Å². The number of hydrogen-bond acceptors (Lipinski definition) is 4. The van der Waals surface area contributed by atoms with Gasteiger partial charge in [0, 0.05) is 18.9 Å². The molecule has 0 aliphatic heterocycles. The molecule has 2 heterocycles. The van der Waals surface area contributed by atoms with Crippen molar-refractivity contribution >= 4 is 5.91 Å². The molecule has 2 N–H and O–H groups in total. The van der Waals surface area contributed by atoms with Gasteiger partial charge in [-0.25, -0.2) is 9.67 Å². The number of nitrogens with zero attached hydrogens (tertiary/aromatic N) is 3. The molecule has 3 rings (SSSR count). The van der Waals surface area contributed by atoms with Crippen LogP contribution in [0.15, 0.2) is 53.6 Å². The van der Waals surface area contributed by atoms with Gasteiger partial charge in [-0.15, -0.1) is 0 Å². The van der Waals surface area contributed by atoms with E-state index in [1.54, 1.807) is 42.6 Å². The van der Waals surface area contributed by atoms with Crippen molar-refractivity contribution in [3.8, 4) is 23.0 Å². The summed E-state index contributed by atoms with van der Waals surface area (Å²) in [6.45, 7) is 2.37. The maximum absolute atomic E-state index is 12.6. The molecule has 0 aliphatic carbocycles. The SMILES string of the molecule is CCNC(=O)c1ccc(-n2[nH]cc(-c3ccc(C#N)cc3)c2=O)nc1. The highest BCUT2D eigenvalue weighted by atomic mass is 16.1. The third kappa shape index (κ3) is 3.19. The summed E-state index contributed by atoms with van der Waals surface area (Å²) >= 11 is 0. The molecule has 7 heteroatoms. The average molecular weight is 333 g/mol. The van der Waals surface area contributed by atoms with Crippen molar-refractivity contribution < 1.29 is 4.79 Å². The first kappa shape index (κ1) is 16.2. The van der Waals surface area contributed by atoms with Crippen molar-refractivity contribution in [2.24, 2.45) is 0 Å². The van der Waals surface area contributed by atoms with Crippen LogP contribution in [0.2, 0.25) is 0 Å². The molecule has 7 nitrogen and oxygen atoms in total. The third-order valence-electron chi connectivity index (χ3n) is 3.67. The van der Waals surface area contributed by atoms with E-state index in [1.165, 1.54) is 10.9 Å². The van der Waals surface area contributed by atoms with E-state index in [9.17, 15) is 9.59 Å². The van der Waals surface area contributed by atoms with Gasteiger partial charge in [0.2, 0.25) is 0 Å². The van der Waals surface area contributed by atoms with E-state index >= 15 is 0 Å². The van der Waals surface area contributed by atoms with Gasteiger partial charge in [0.05, 0.1) is 22.8 Å². The normalized spacial score (nSPS) is 10.2. The van der Waals surface area contributed by atoms with Crippen LogP contribution in [0.1, 0.15) is 22.8 Å². The van der Waals surface area contributed by atoms with E-state index in [0.29, 0.717) is 34.6 Å². The highest BCUT2D eigenvalue weighted by Gasteiger charge is 2.12. The summed E-state index contributed by atoms with van der Waals surface area (Å²) in [7, 11) is 0. The van der Waals surface area contributed by atoms with Gasteiger partial charge in [-0.3, -0.25) is 14.7 Å². The number of aromatic nitrogens is 3. The number of nitrogens with one attached hydrogen (secondary N) is 2. The fourth-order valence-corrected chi connectivity index (χ4v) is 2.39. The Balaban J connectivity index is 1.92. The minimum Gasteiger partial charge on any atom is -0.352 e. The Morgan fingerprint density at radius 1 is 1.28 bits per heavy atom. The molecule has 0 atom stereocenters. The largest absolute Gasteiger partial charge is 0.352 e. The number of pyridine rings is 1. The zero-order valence-corrected chi connectivity index (χ0v) is 13.5. The maximum atomic E-state index is 12.6. The zero-order valence-electron chi connectivity index (χ0n) is 13.5. The highest BCUT2D eigenvalue weighted by molar-refractivity contribution is 5.93. The Bertz CT molecular complexity index is 992. The smallest absolute Gasteiger partial charge is 0.280 e. The molecular weight excluding hydrogens is 318 g/mol. The number of amides is 1. The first-order valence-corrected chi connectivity index (χ1v) is 7.69. The summed E-state index contributed by atoms with van der Waals surface area (Å²) in [4.78, 5) is 28.5. The number of nitriles is 1. The third-order valence-corrected chi connectivity index (χ3v) is 3.67. The fourth-order valence-electron chi connectivity index (χ4n) is 2.39. The van der Waals surface area contributed by atoms with Gasteiger partial charge in [-0.05, 0) is 36.8 Å². The van der Waals surface area contributed by atoms with E-state index in [1.807, 2.05) is 13.0 Å². The lowest BCUT2D eigenvalue weighted by atomic mass is 10.1. The standard InChI is InChI=1S/C18H15N5O2/c1-2-20-17(24)14-7-8-16(21-10-14)23-18(25)15(11-22-23)13-5-3-12(9-19)4-6-13/h3-8,10-11,22H,2H2,1H3,(H,20,24). The monoisotopic (exact) mass is 333 g/mol. The highest BCUT2D eigenvalue weighted by Crippen LogP contribution is 2.16. The van der Waals surface area contributed by atoms with Crippen molar-refractivity contribution in [2.75, 3.05) is 6.54 Å². The maximum Gasteiger partial charge on any atom is 0.280 e. The van der Waals surface area contributed by atoms with E-state index in [0.717, 1.165) is 0 Å². The quantitative estimate of drug-likeness (QED) is 0.760. The number of rotatable bonds is 4. The van der Waals surface area contributed by atoms with Crippen LogP contribution in [-0.4, -0.2) is 27.2 Å². The van der Waals surface area contributed by atoms with Gasteiger partial charge in [0.25, 0.3) is 11.5 Å². The predicted octanol–water partition coefficient (Wildman–Crippen LogP) is 1.85. The Morgan fingerprint density at radius 2 is 2.04 bits per heavy atom. The minimum absolute atomic E-state index is 0.210. The molecule has 25 heavy (non-hydrogen) atoms. The molecular formula is C18H15N5O2. The van der Waals surface area contributed by atoms with Crippen LogP contribution < -0.4 is 10.9 Å². The molecule has 0 radical (unpaired) electrons. The van der Waals surface area contributed by atoms with Gasteiger partial charge in [-0.1, -0.05) is 12.1 Å². The first-order valence-electron chi connectivity index (χ1n) is 7.69. The number of H-pyrrole nitrogens is 1. The Morgan fingerprint density at radius 3 is 2.64 bits per heavy atom. The molecule has 124 valence electrons. The molecule has 0 fully saturated rings. The van der Waals surface area contributed by atoms with Gasteiger partial charge in [0.1, 0.15) is 0 Å². The van der Waals surface area contributed by atoms with Crippen LogP contribution >= 0.6 is 0 Å². The van der Waals surface area contributed by atoms with Gasteiger partial charge < -0.3 is 5.32 Å². The molecule has 0 saturated carbocycles. The van der Waals surface area contributed by atoms with Crippen molar-refractivity contribution in [3.63, 3.8) is 0 Å². The predicted molar refractivity (Wildman–Crippen MR) is 92.3 cm³/mol. The summed E-state index contributed by atoms with van der Waals surface area (Å²) in [5.41, 5.74) is 1.87. The molecule has 0 saturated heterocycles. The molecule has 0 bridgehead atoms. The summed E-state index contributed by atoms with van der Waals surface area (Å²) in [6.07, 6.45) is 3.01. The number of aromatic amines is 1. The van der Waals surface area contributed by atoms with E-state index in [2.05, 4.69) is 15.4 Å². The molecule has 0 aliphatic rings. The lowest BCUT2D eigenvalue weighted by Crippen LogP contribution is -2.23. The van der Waals surface area contributed by atoms with Crippen LogP contribution in [0.4, 0.5) is 0 Å².